The van der Waals surface area contributed by atoms with Crippen LogP contribution in [0.4, 0.5) is 4.79 Å². The molecule has 110 valence electrons. The third-order valence-corrected chi connectivity index (χ3v) is 2.53. The molecule has 0 spiro atoms. The molecule has 0 aromatic carbocycles. The van der Waals surface area contributed by atoms with E-state index in [1.165, 1.54) is 19.4 Å². The second-order valence-electron chi connectivity index (χ2n) is 5.01. The Morgan fingerprint density at radius 1 is 1.50 bits per heavy atom. The van der Waals surface area contributed by atoms with Gasteiger partial charge in [0.15, 0.2) is 0 Å². The van der Waals surface area contributed by atoms with Crippen molar-refractivity contribution in [1.29, 1.82) is 0 Å². The molecule has 1 aromatic heterocycles. The van der Waals surface area contributed by atoms with Crippen LogP contribution in [0.1, 0.15) is 32.4 Å². The summed E-state index contributed by atoms with van der Waals surface area (Å²) in [6.07, 6.45) is 1.20. The van der Waals surface area contributed by atoms with Crippen LogP contribution in [0.15, 0.2) is 12.3 Å². The van der Waals surface area contributed by atoms with Crippen molar-refractivity contribution in [1.82, 2.24) is 10.3 Å². The van der Waals surface area contributed by atoms with Gasteiger partial charge in [0.05, 0.1) is 12.1 Å². The molecule has 0 saturated carbocycles. The zero-order valence-corrected chi connectivity index (χ0v) is 12.5. The van der Waals surface area contributed by atoms with Crippen LogP contribution in [0.5, 0.6) is 5.88 Å². The molecule has 20 heavy (non-hydrogen) atoms. The summed E-state index contributed by atoms with van der Waals surface area (Å²) in [7, 11) is 1.44. The predicted octanol–water partition coefficient (Wildman–Crippen LogP) is 2.51. The van der Waals surface area contributed by atoms with Crippen LogP contribution in [0, 0.1) is 0 Å². The first-order chi connectivity index (χ1) is 9.26. The lowest BCUT2D eigenvalue weighted by Gasteiger charge is -2.22. The number of rotatable bonds is 4. The predicted molar refractivity (Wildman–Crippen MR) is 74.0 cm³/mol. The van der Waals surface area contributed by atoms with E-state index in [0.29, 0.717) is 17.7 Å². The molecule has 1 N–H and O–H groups in total. The minimum Gasteiger partial charge on any atom is -0.481 e. The van der Waals surface area contributed by atoms with Crippen molar-refractivity contribution in [2.24, 2.45) is 0 Å². The second-order valence-corrected chi connectivity index (χ2v) is 5.42. The van der Waals surface area contributed by atoms with Gasteiger partial charge in [-0.05, 0) is 20.8 Å². The topological polar surface area (TPSA) is 77.5 Å². The van der Waals surface area contributed by atoms with Gasteiger partial charge in [-0.15, -0.1) is 0 Å². The fourth-order valence-electron chi connectivity index (χ4n) is 1.40. The van der Waals surface area contributed by atoms with Crippen LogP contribution in [0.3, 0.4) is 0 Å². The molecule has 0 aliphatic heterocycles. The van der Waals surface area contributed by atoms with Crippen molar-refractivity contribution in [3.05, 3.63) is 22.8 Å². The van der Waals surface area contributed by atoms with E-state index >= 15 is 0 Å². The lowest BCUT2D eigenvalue weighted by atomic mass is 10.1. The molecule has 1 aromatic rings. The maximum atomic E-state index is 11.7. The van der Waals surface area contributed by atoms with E-state index in [-0.39, 0.29) is 5.02 Å². The third-order valence-electron chi connectivity index (χ3n) is 2.21. The summed E-state index contributed by atoms with van der Waals surface area (Å²) in [6, 6.07) is 0.549. The quantitative estimate of drug-likeness (QED) is 0.865. The Bertz CT molecular complexity index is 500. The number of aromatic nitrogens is 1. The average Bonchev–Trinajstić information content (AvgIpc) is 2.34. The minimum atomic E-state index is -0.936. The van der Waals surface area contributed by atoms with Gasteiger partial charge in [-0.25, -0.2) is 9.78 Å². The first-order valence-corrected chi connectivity index (χ1v) is 6.29. The number of hydrogen-bond acceptors (Lipinski definition) is 5. The molecule has 6 nitrogen and oxygen atoms in total. The van der Waals surface area contributed by atoms with Crippen LogP contribution >= 0.6 is 11.6 Å². The Balaban J connectivity index is 2.91. The van der Waals surface area contributed by atoms with E-state index in [1.807, 2.05) is 0 Å². The largest absolute Gasteiger partial charge is 0.481 e. The van der Waals surface area contributed by atoms with Gasteiger partial charge in [-0.2, -0.15) is 0 Å². The maximum Gasteiger partial charge on any atom is 0.408 e. The number of methoxy groups -OCH3 is 1. The Morgan fingerprint density at radius 3 is 2.65 bits per heavy atom. The summed E-state index contributed by atoms with van der Waals surface area (Å²) in [5, 5.41) is 2.68. The molecular weight excluding hydrogens is 284 g/mol. The van der Waals surface area contributed by atoms with Crippen LogP contribution in [-0.2, 0) is 9.53 Å². The highest BCUT2D eigenvalue weighted by atomic mass is 35.5. The summed E-state index contributed by atoms with van der Waals surface area (Å²) in [6.45, 7) is 5.18. The molecular formula is C13H17ClN2O4. The summed E-state index contributed by atoms with van der Waals surface area (Å²) in [5.74, 6) is 0.294. The standard InChI is InChI=1S/C13H17ClN2O4/c1-13(2,3)20-12(18)16-10(7-17)8-5-11(19-4)15-6-9(8)14/h5-7,10H,1-4H3,(H,16,18). The number of pyridine rings is 1. The van der Waals surface area contributed by atoms with Gasteiger partial charge in [0.2, 0.25) is 5.88 Å². The van der Waals surface area contributed by atoms with Crippen molar-refractivity contribution < 1.29 is 19.1 Å². The van der Waals surface area contributed by atoms with Crippen LogP contribution in [0.2, 0.25) is 5.02 Å². The summed E-state index contributed by atoms with van der Waals surface area (Å²) < 4.78 is 10.0. The highest BCUT2D eigenvalue weighted by Crippen LogP contribution is 2.24. The lowest BCUT2D eigenvalue weighted by Crippen LogP contribution is -2.35. The molecule has 0 aliphatic carbocycles. The summed E-state index contributed by atoms with van der Waals surface area (Å²) in [5.41, 5.74) is -0.267. The fourth-order valence-corrected chi connectivity index (χ4v) is 1.62. The maximum absolute atomic E-state index is 11.7. The van der Waals surface area contributed by atoms with Crippen LogP contribution in [-0.4, -0.2) is 30.1 Å². The molecule has 1 rings (SSSR count). The Hall–Kier alpha value is -1.82. The molecule has 1 heterocycles. The highest BCUT2D eigenvalue weighted by Gasteiger charge is 2.22. The zero-order valence-electron chi connectivity index (χ0n) is 11.8. The van der Waals surface area contributed by atoms with Crippen molar-refractivity contribution in [2.45, 2.75) is 32.4 Å². The smallest absolute Gasteiger partial charge is 0.408 e. The SMILES string of the molecule is COc1cc(C(C=O)NC(=O)OC(C)(C)C)c(Cl)cn1. The van der Waals surface area contributed by atoms with E-state index in [4.69, 9.17) is 21.1 Å². The van der Waals surface area contributed by atoms with Crippen LogP contribution in [0.25, 0.3) is 0 Å². The van der Waals surface area contributed by atoms with Crippen molar-refractivity contribution in [3.63, 3.8) is 0 Å². The number of halogens is 1. The van der Waals surface area contributed by atoms with Gasteiger partial charge >= 0.3 is 6.09 Å². The van der Waals surface area contributed by atoms with Crippen LogP contribution < -0.4 is 10.1 Å². The number of hydrogen-bond donors (Lipinski definition) is 1. The number of alkyl carbamates (subject to hydrolysis) is 1. The van der Waals surface area contributed by atoms with E-state index in [0.717, 1.165) is 0 Å². The highest BCUT2D eigenvalue weighted by molar-refractivity contribution is 6.31. The van der Waals surface area contributed by atoms with E-state index < -0.39 is 17.7 Å². The van der Waals surface area contributed by atoms with E-state index in [1.54, 1.807) is 20.8 Å². The number of nitrogens with one attached hydrogen (secondary N) is 1. The van der Waals surface area contributed by atoms with Crippen molar-refractivity contribution in [3.8, 4) is 5.88 Å². The van der Waals surface area contributed by atoms with Gasteiger partial charge in [0.25, 0.3) is 0 Å². The minimum absolute atomic E-state index is 0.249. The van der Waals surface area contributed by atoms with E-state index in [2.05, 4.69) is 10.3 Å². The van der Waals surface area contributed by atoms with Gasteiger partial charge in [-0.3, -0.25) is 0 Å². The molecule has 1 unspecified atom stereocenters. The molecule has 0 aliphatic rings. The third kappa shape index (κ3) is 4.70. The molecule has 0 bridgehead atoms. The van der Waals surface area contributed by atoms with Crippen molar-refractivity contribution in [2.75, 3.05) is 7.11 Å². The van der Waals surface area contributed by atoms with Crippen molar-refractivity contribution >= 4 is 24.0 Å². The molecule has 1 amide bonds. The molecule has 0 saturated heterocycles. The van der Waals surface area contributed by atoms with Gasteiger partial charge < -0.3 is 19.6 Å². The molecule has 7 heteroatoms. The fraction of sp³-hybridized carbons (Fsp3) is 0.462. The van der Waals surface area contributed by atoms with Gasteiger partial charge in [0.1, 0.15) is 17.9 Å². The first-order valence-electron chi connectivity index (χ1n) is 5.91. The zero-order chi connectivity index (χ0) is 15.3. The number of aldehydes is 1. The molecule has 0 radical (unpaired) electrons. The number of amides is 1. The normalized spacial score (nSPS) is 12.4. The summed E-state index contributed by atoms with van der Waals surface area (Å²) in [4.78, 5) is 26.8. The van der Waals surface area contributed by atoms with Gasteiger partial charge in [-0.1, -0.05) is 11.6 Å². The number of nitrogens with zero attached hydrogens (tertiary/aromatic N) is 1. The first kappa shape index (κ1) is 16.2. The molecule has 0 fully saturated rings. The Kier molecular flexibility index (Phi) is 5.33. The molecule has 1 atom stereocenters. The van der Waals surface area contributed by atoms with E-state index in [9.17, 15) is 9.59 Å². The Morgan fingerprint density at radius 2 is 2.15 bits per heavy atom. The monoisotopic (exact) mass is 300 g/mol. The second kappa shape index (κ2) is 6.56. The number of carbonyl (C=O) groups excluding carboxylic acids is 2. The Labute approximate surface area is 122 Å². The van der Waals surface area contributed by atoms with Gasteiger partial charge in [0, 0.05) is 17.8 Å². The number of ether oxygens (including phenoxy) is 2. The lowest BCUT2D eigenvalue weighted by molar-refractivity contribution is -0.109. The average molecular weight is 301 g/mol. The summed E-state index contributed by atoms with van der Waals surface area (Å²) >= 11 is 5.97. The number of carbonyl (C=O) groups is 2.